The van der Waals surface area contributed by atoms with Crippen LogP contribution in [0.4, 0.5) is 0 Å². The van der Waals surface area contributed by atoms with E-state index in [2.05, 4.69) is 28.9 Å². The monoisotopic (exact) mass is 275 g/mol. The molecule has 0 spiro atoms. The number of hydrogen-bond donors (Lipinski definition) is 1. The molecule has 1 aromatic rings. The Morgan fingerprint density at radius 3 is 2.50 bits per heavy atom. The van der Waals surface area contributed by atoms with E-state index in [9.17, 15) is 0 Å². The number of nitrogens with two attached hydrogens (primary N) is 1. The average molecular weight is 275 g/mol. The summed E-state index contributed by atoms with van der Waals surface area (Å²) < 4.78 is 0. The third-order valence-corrected chi connectivity index (χ3v) is 4.83. The number of aromatic nitrogens is 1. The Balaban J connectivity index is 2.01. The largest absolute Gasteiger partial charge is 0.329 e. The molecule has 1 aromatic heterocycles. The molecule has 1 heterocycles. The molecule has 0 aliphatic heterocycles. The second-order valence-electron chi connectivity index (χ2n) is 5.99. The molecule has 20 heavy (non-hydrogen) atoms. The van der Waals surface area contributed by atoms with E-state index in [0.717, 1.165) is 26.1 Å². The summed E-state index contributed by atoms with van der Waals surface area (Å²) in [5.74, 6) is 0. The minimum atomic E-state index is 0.236. The number of hydrogen-bond acceptors (Lipinski definition) is 3. The zero-order chi connectivity index (χ0) is 14.3. The molecular formula is C17H29N3. The van der Waals surface area contributed by atoms with Gasteiger partial charge in [0.15, 0.2) is 0 Å². The van der Waals surface area contributed by atoms with E-state index in [-0.39, 0.29) is 5.54 Å². The van der Waals surface area contributed by atoms with Crippen LogP contribution in [0.2, 0.25) is 0 Å². The highest BCUT2D eigenvalue weighted by Crippen LogP contribution is 2.31. The Labute approximate surface area is 123 Å². The molecule has 112 valence electrons. The smallest absolute Gasteiger partial charge is 0.0416 e. The molecule has 0 unspecified atom stereocenters. The SMILES string of the molecule is CCN(CCc1ccccn1)C1(CN)CCCCCC1. The normalized spacial score (nSPS) is 18.9. The molecule has 2 N–H and O–H groups in total. The molecule has 1 saturated carbocycles. The summed E-state index contributed by atoms with van der Waals surface area (Å²) in [7, 11) is 0. The summed E-state index contributed by atoms with van der Waals surface area (Å²) >= 11 is 0. The topological polar surface area (TPSA) is 42.2 Å². The van der Waals surface area contributed by atoms with Crippen LogP contribution >= 0.6 is 0 Å². The Bertz CT molecular complexity index is 369. The molecule has 0 aromatic carbocycles. The van der Waals surface area contributed by atoms with Crippen LogP contribution in [-0.4, -0.2) is 35.1 Å². The third kappa shape index (κ3) is 3.80. The van der Waals surface area contributed by atoms with Crippen LogP contribution in [0.15, 0.2) is 24.4 Å². The van der Waals surface area contributed by atoms with Crippen LogP contribution in [0.1, 0.15) is 51.1 Å². The average Bonchev–Trinajstić information content (AvgIpc) is 2.75. The first-order chi connectivity index (χ1) is 9.80. The van der Waals surface area contributed by atoms with Gasteiger partial charge in [0, 0.05) is 36.9 Å². The summed E-state index contributed by atoms with van der Waals surface area (Å²) in [6, 6.07) is 6.17. The highest BCUT2D eigenvalue weighted by atomic mass is 15.2. The lowest BCUT2D eigenvalue weighted by molar-refractivity contribution is 0.0844. The Morgan fingerprint density at radius 2 is 1.95 bits per heavy atom. The fourth-order valence-corrected chi connectivity index (χ4v) is 3.56. The highest BCUT2D eigenvalue weighted by Gasteiger charge is 2.34. The first kappa shape index (κ1) is 15.5. The minimum absolute atomic E-state index is 0.236. The van der Waals surface area contributed by atoms with Crippen LogP contribution < -0.4 is 5.73 Å². The maximum absolute atomic E-state index is 6.20. The summed E-state index contributed by atoms with van der Waals surface area (Å²) in [4.78, 5) is 7.06. The minimum Gasteiger partial charge on any atom is -0.329 e. The molecule has 1 aliphatic carbocycles. The van der Waals surface area contributed by atoms with Crippen molar-refractivity contribution in [1.82, 2.24) is 9.88 Å². The molecular weight excluding hydrogens is 246 g/mol. The van der Waals surface area contributed by atoms with Gasteiger partial charge in [0.05, 0.1) is 0 Å². The van der Waals surface area contributed by atoms with Gasteiger partial charge < -0.3 is 5.73 Å². The zero-order valence-electron chi connectivity index (χ0n) is 12.9. The van der Waals surface area contributed by atoms with Gasteiger partial charge in [-0.15, -0.1) is 0 Å². The van der Waals surface area contributed by atoms with E-state index < -0.39 is 0 Å². The van der Waals surface area contributed by atoms with Gasteiger partial charge in [-0.05, 0) is 31.5 Å². The second kappa shape index (κ2) is 7.75. The van der Waals surface area contributed by atoms with Crippen molar-refractivity contribution in [3.05, 3.63) is 30.1 Å². The molecule has 0 saturated heterocycles. The number of nitrogens with zero attached hydrogens (tertiary/aromatic N) is 2. The molecule has 0 amide bonds. The van der Waals surface area contributed by atoms with Crippen molar-refractivity contribution in [3.8, 4) is 0 Å². The first-order valence-corrected chi connectivity index (χ1v) is 8.16. The second-order valence-corrected chi connectivity index (χ2v) is 5.99. The summed E-state index contributed by atoms with van der Waals surface area (Å²) in [6.07, 6.45) is 10.8. The van der Waals surface area contributed by atoms with E-state index in [1.165, 1.54) is 44.2 Å². The fourth-order valence-electron chi connectivity index (χ4n) is 3.56. The van der Waals surface area contributed by atoms with Crippen LogP contribution in [0, 0.1) is 0 Å². The number of likely N-dealkylation sites (N-methyl/N-ethyl adjacent to an activating group) is 1. The van der Waals surface area contributed by atoms with E-state index >= 15 is 0 Å². The van der Waals surface area contributed by atoms with Crippen LogP contribution in [0.3, 0.4) is 0 Å². The predicted molar refractivity (Wildman–Crippen MR) is 84.7 cm³/mol. The van der Waals surface area contributed by atoms with E-state index in [4.69, 9.17) is 5.73 Å². The maximum atomic E-state index is 6.20. The lowest BCUT2D eigenvalue weighted by atomic mass is 9.87. The van der Waals surface area contributed by atoms with Gasteiger partial charge in [-0.2, -0.15) is 0 Å². The van der Waals surface area contributed by atoms with Crippen LogP contribution in [-0.2, 0) is 6.42 Å². The first-order valence-electron chi connectivity index (χ1n) is 8.16. The van der Waals surface area contributed by atoms with E-state index in [1.54, 1.807) is 0 Å². The van der Waals surface area contributed by atoms with Gasteiger partial charge in [0.2, 0.25) is 0 Å². The highest BCUT2D eigenvalue weighted by molar-refractivity contribution is 5.04. The summed E-state index contributed by atoms with van der Waals surface area (Å²) in [5.41, 5.74) is 7.62. The predicted octanol–water partition coefficient (Wildman–Crippen LogP) is 3.00. The molecule has 1 aliphatic rings. The molecule has 2 rings (SSSR count). The van der Waals surface area contributed by atoms with Crippen molar-refractivity contribution >= 4 is 0 Å². The van der Waals surface area contributed by atoms with Gasteiger partial charge >= 0.3 is 0 Å². The van der Waals surface area contributed by atoms with Crippen LogP contribution in [0.25, 0.3) is 0 Å². The Kier molecular flexibility index (Phi) is 5.99. The summed E-state index contributed by atoms with van der Waals surface area (Å²) in [6.45, 7) is 5.22. The standard InChI is InChI=1S/C17H29N3/c1-2-20(14-10-16-9-5-8-13-19-16)17(15-18)11-6-3-4-7-12-17/h5,8-9,13H,2-4,6-7,10-12,14-15,18H2,1H3. The number of rotatable bonds is 6. The fraction of sp³-hybridized carbons (Fsp3) is 0.706. The summed E-state index contributed by atoms with van der Waals surface area (Å²) in [5, 5.41) is 0. The van der Waals surface area contributed by atoms with Crippen molar-refractivity contribution in [2.45, 2.75) is 57.4 Å². The van der Waals surface area contributed by atoms with E-state index in [0.29, 0.717) is 0 Å². The van der Waals surface area contributed by atoms with Crippen molar-refractivity contribution in [2.75, 3.05) is 19.6 Å². The molecule has 3 nitrogen and oxygen atoms in total. The molecule has 0 radical (unpaired) electrons. The lowest BCUT2D eigenvalue weighted by Crippen LogP contribution is -2.54. The quantitative estimate of drug-likeness (QED) is 0.812. The van der Waals surface area contributed by atoms with Gasteiger partial charge in [-0.3, -0.25) is 9.88 Å². The van der Waals surface area contributed by atoms with Gasteiger partial charge in [-0.1, -0.05) is 38.7 Å². The number of pyridine rings is 1. The van der Waals surface area contributed by atoms with Crippen molar-refractivity contribution in [3.63, 3.8) is 0 Å². The molecule has 3 heteroatoms. The van der Waals surface area contributed by atoms with Gasteiger partial charge in [0.1, 0.15) is 0 Å². The molecule has 1 fully saturated rings. The Hall–Kier alpha value is -0.930. The van der Waals surface area contributed by atoms with Gasteiger partial charge in [-0.25, -0.2) is 0 Å². The van der Waals surface area contributed by atoms with Crippen LogP contribution in [0.5, 0.6) is 0 Å². The van der Waals surface area contributed by atoms with Crippen molar-refractivity contribution in [2.24, 2.45) is 5.73 Å². The molecule has 0 bridgehead atoms. The Morgan fingerprint density at radius 1 is 1.20 bits per heavy atom. The van der Waals surface area contributed by atoms with E-state index in [1.807, 2.05) is 12.3 Å². The third-order valence-electron chi connectivity index (χ3n) is 4.83. The lowest BCUT2D eigenvalue weighted by Gasteiger charge is -2.43. The van der Waals surface area contributed by atoms with Crippen molar-refractivity contribution in [1.29, 1.82) is 0 Å². The maximum Gasteiger partial charge on any atom is 0.0416 e. The van der Waals surface area contributed by atoms with Gasteiger partial charge in [0.25, 0.3) is 0 Å². The van der Waals surface area contributed by atoms with Crippen molar-refractivity contribution < 1.29 is 0 Å². The molecule has 0 atom stereocenters. The zero-order valence-corrected chi connectivity index (χ0v) is 12.9.